The first kappa shape index (κ1) is 12.9. The molecule has 1 aliphatic carbocycles. The van der Waals surface area contributed by atoms with Crippen molar-refractivity contribution in [3.63, 3.8) is 0 Å². The van der Waals surface area contributed by atoms with Crippen LogP contribution >= 0.6 is 0 Å². The second-order valence-corrected chi connectivity index (χ2v) is 5.26. The summed E-state index contributed by atoms with van der Waals surface area (Å²) in [7, 11) is 0. The smallest absolute Gasteiger partial charge is 0.261 e. The first-order valence-corrected chi connectivity index (χ1v) is 6.85. The number of nitrogens with one attached hydrogen (secondary N) is 1. The van der Waals surface area contributed by atoms with E-state index >= 15 is 0 Å². The Bertz CT molecular complexity index is 583. The Hall–Kier alpha value is -2.11. The van der Waals surface area contributed by atoms with Crippen molar-refractivity contribution in [2.45, 2.75) is 44.6 Å². The molecule has 3 rings (SSSR count). The van der Waals surface area contributed by atoms with Gasteiger partial charge in [-0.3, -0.25) is 4.79 Å². The van der Waals surface area contributed by atoms with Gasteiger partial charge in [0.2, 0.25) is 5.91 Å². The zero-order chi connectivity index (χ0) is 14.0. The summed E-state index contributed by atoms with van der Waals surface area (Å²) in [4.78, 5) is 16.0. The van der Waals surface area contributed by atoms with E-state index in [2.05, 4.69) is 15.5 Å². The largest absolute Gasteiger partial charge is 0.472 e. The summed E-state index contributed by atoms with van der Waals surface area (Å²) in [6.45, 7) is 1.52. The first-order valence-electron chi connectivity index (χ1n) is 6.85. The number of hydrogen-bond donors (Lipinski definition) is 1. The molecular formula is C14H17N3O3. The standard InChI is InChI=1S/C14H17N3O3/c1-10(18)16-14(6-3-2-4-7-14)13-15-12(20-17-13)11-5-8-19-9-11/h5,8-9H,2-4,6-7H2,1H3,(H,16,18). The molecule has 6 nitrogen and oxygen atoms in total. The van der Waals surface area contributed by atoms with Crippen LogP contribution in [0.2, 0.25) is 0 Å². The molecule has 0 radical (unpaired) electrons. The number of nitrogens with zero attached hydrogens (tertiary/aromatic N) is 2. The molecule has 2 aromatic rings. The van der Waals surface area contributed by atoms with E-state index in [1.54, 1.807) is 18.6 Å². The van der Waals surface area contributed by atoms with Crippen molar-refractivity contribution in [1.29, 1.82) is 0 Å². The quantitative estimate of drug-likeness (QED) is 0.931. The van der Waals surface area contributed by atoms with Crippen molar-refractivity contribution in [3.8, 4) is 11.5 Å². The van der Waals surface area contributed by atoms with Gasteiger partial charge in [0, 0.05) is 6.92 Å². The molecule has 20 heavy (non-hydrogen) atoms. The lowest BCUT2D eigenvalue weighted by molar-refractivity contribution is -0.121. The molecule has 0 unspecified atom stereocenters. The molecule has 1 N–H and O–H groups in total. The lowest BCUT2D eigenvalue weighted by atomic mass is 9.81. The number of furan rings is 1. The molecule has 0 spiro atoms. The molecule has 0 bridgehead atoms. The average Bonchev–Trinajstić information content (AvgIpc) is 3.10. The van der Waals surface area contributed by atoms with E-state index in [4.69, 9.17) is 8.94 Å². The van der Waals surface area contributed by atoms with Crippen LogP contribution in [0.1, 0.15) is 44.9 Å². The molecule has 1 saturated carbocycles. The molecule has 0 saturated heterocycles. The molecule has 0 atom stereocenters. The van der Waals surface area contributed by atoms with Crippen molar-refractivity contribution in [2.24, 2.45) is 0 Å². The van der Waals surface area contributed by atoms with Crippen molar-refractivity contribution >= 4 is 5.91 Å². The predicted octanol–water partition coefficient (Wildman–Crippen LogP) is 2.63. The van der Waals surface area contributed by atoms with Crippen molar-refractivity contribution < 1.29 is 13.7 Å². The Morgan fingerprint density at radius 1 is 1.35 bits per heavy atom. The van der Waals surface area contributed by atoms with Crippen LogP contribution in [0, 0.1) is 0 Å². The van der Waals surface area contributed by atoms with Gasteiger partial charge in [-0.15, -0.1) is 0 Å². The van der Waals surface area contributed by atoms with E-state index in [1.165, 1.54) is 13.3 Å². The predicted molar refractivity (Wildman–Crippen MR) is 70.6 cm³/mol. The zero-order valence-corrected chi connectivity index (χ0v) is 11.4. The molecule has 2 aromatic heterocycles. The Balaban J connectivity index is 1.93. The van der Waals surface area contributed by atoms with E-state index < -0.39 is 5.54 Å². The third-order valence-corrected chi connectivity index (χ3v) is 3.74. The van der Waals surface area contributed by atoms with Crippen LogP contribution in [0.3, 0.4) is 0 Å². The summed E-state index contributed by atoms with van der Waals surface area (Å²) in [5.74, 6) is 0.911. The third-order valence-electron chi connectivity index (χ3n) is 3.74. The minimum Gasteiger partial charge on any atom is -0.472 e. The van der Waals surface area contributed by atoms with Crippen LogP contribution in [-0.4, -0.2) is 16.0 Å². The van der Waals surface area contributed by atoms with Gasteiger partial charge in [-0.1, -0.05) is 24.4 Å². The minimum atomic E-state index is -0.491. The van der Waals surface area contributed by atoms with E-state index in [0.717, 1.165) is 31.2 Å². The second kappa shape index (κ2) is 5.11. The van der Waals surface area contributed by atoms with Crippen LogP contribution in [0.5, 0.6) is 0 Å². The maximum atomic E-state index is 11.5. The van der Waals surface area contributed by atoms with Gasteiger partial charge in [0.25, 0.3) is 5.89 Å². The number of carbonyl (C=O) groups excluding carboxylic acids is 1. The van der Waals surface area contributed by atoms with E-state index in [-0.39, 0.29) is 5.91 Å². The van der Waals surface area contributed by atoms with Gasteiger partial charge in [0.15, 0.2) is 5.82 Å². The highest BCUT2D eigenvalue weighted by atomic mass is 16.5. The summed E-state index contributed by atoms with van der Waals surface area (Å²) in [6.07, 6.45) is 8.08. The average molecular weight is 275 g/mol. The van der Waals surface area contributed by atoms with E-state index in [1.807, 2.05) is 0 Å². The number of carbonyl (C=O) groups is 1. The molecule has 1 amide bonds. The maximum absolute atomic E-state index is 11.5. The Kier molecular flexibility index (Phi) is 3.30. The fourth-order valence-electron chi connectivity index (χ4n) is 2.82. The summed E-state index contributed by atoms with van der Waals surface area (Å²) in [5, 5.41) is 7.10. The number of aromatic nitrogens is 2. The highest BCUT2D eigenvalue weighted by Crippen LogP contribution is 2.36. The van der Waals surface area contributed by atoms with Gasteiger partial charge in [-0.2, -0.15) is 4.98 Å². The van der Waals surface area contributed by atoms with Crippen LogP contribution in [0.25, 0.3) is 11.5 Å². The first-order chi connectivity index (χ1) is 9.70. The molecule has 1 fully saturated rings. The minimum absolute atomic E-state index is 0.0680. The molecule has 0 aromatic carbocycles. The molecule has 1 aliphatic rings. The Morgan fingerprint density at radius 2 is 2.15 bits per heavy atom. The monoisotopic (exact) mass is 275 g/mol. The Morgan fingerprint density at radius 3 is 2.80 bits per heavy atom. The van der Waals surface area contributed by atoms with E-state index in [9.17, 15) is 4.79 Å². The highest BCUT2D eigenvalue weighted by molar-refractivity contribution is 5.74. The Labute approximate surface area is 116 Å². The van der Waals surface area contributed by atoms with Crippen LogP contribution in [0.15, 0.2) is 27.5 Å². The number of hydrogen-bond acceptors (Lipinski definition) is 5. The van der Waals surface area contributed by atoms with Crippen molar-refractivity contribution in [2.75, 3.05) is 0 Å². The highest BCUT2D eigenvalue weighted by Gasteiger charge is 2.39. The van der Waals surface area contributed by atoms with E-state index in [0.29, 0.717) is 11.7 Å². The summed E-state index contributed by atoms with van der Waals surface area (Å²) >= 11 is 0. The van der Waals surface area contributed by atoms with Crippen molar-refractivity contribution in [1.82, 2.24) is 15.5 Å². The van der Waals surface area contributed by atoms with Gasteiger partial charge in [0.05, 0.1) is 11.8 Å². The maximum Gasteiger partial charge on any atom is 0.261 e. The van der Waals surface area contributed by atoms with Crippen molar-refractivity contribution in [3.05, 3.63) is 24.4 Å². The topological polar surface area (TPSA) is 81.2 Å². The zero-order valence-electron chi connectivity index (χ0n) is 11.4. The molecule has 2 heterocycles. The van der Waals surface area contributed by atoms with Gasteiger partial charge in [-0.05, 0) is 18.9 Å². The molecule has 106 valence electrons. The lowest BCUT2D eigenvalue weighted by Gasteiger charge is -2.34. The fourth-order valence-corrected chi connectivity index (χ4v) is 2.82. The van der Waals surface area contributed by atoms with Gasteiger partial charge in [0.1, 0.15) is 11.8 Å². The second-order valence-electron chi connectivity index (χ2n) is 5.26. The third kappa shape index (κ3) is 2.33. The van der Waals surface area contributed by atoms with Crippen LogP contribution in [0.4, 0.5) is 0 Å². The summed E-state index contributed by atoms with van der Waals surface area (Å²) < 4.78 is 10.3. The lowest BCUT2D eigenvalue weighted by Crippen LogP contribution is -2.47. The number of amides is 1. The molecule has 0 aliphatic heterocycles. The summed E-state index contributed by atoms with van der Waals surface area (Å²) in [6, 6.07) is 1.77. The fraction of sp³-hybridized carbons (Fsp3) is 0.500. The van der Waals surface area contributed by atoms with Crippen LogP contribution < -0.4 is 5.32 Å². The molecular weight excluding hydrogens is 258 g/mol. The SMILES string of the molecule is CC(=O)NC1(c2noc(-c3ccoc3)n2)CCCCC1. The van der Waals surface area contributed by atoms with Gasteiger partial charge < -0.3 is 14.3 Å². The molecule has 6 heteroatoms. The number of rotatable bonds is 3. The van der Waals surface area contributed by atoms with Crippen LogP contribution in [-0.2, 0) is 10.3 Å². The van der Waals surface area contributed by atoms with Gasteiger partial charge in [-0.25, -0.2) is 0 Å². The van der Waals surface area contributed by atoms with Gasteiger partial charge >= 0.3 is 0 Å². The summed E-state index contributed by atoms with van der Waals surface area (Å²) in [5.41, 5.74) is 0.257. The normalized spacial score (nSPS) is 17.9.